The molecule has 0 aliphatic carbocycles. The van der Waals surface area contributed by atoms with Crippen LogP contribution in [0.2, 0.25) is 0 Å². The Bertz CT molecular complexity index is 911. The Labute approximate surface area is 164 Å². The van der Waals surface area contributed by atoms with Crippen molar-refractivity contribution in [3.63, 3.8) is 0 Å². The first-order valence-electron chi connectivity index (χ1n) is 8.95. The average Bonchev–Trinajstić information content (AvgIpc) is 3.05. The lowest BCUT2D eigenvalue weighted by molar-refractivity contribution is 0.0282. The molecule has 1 aromatic rings. The average molecular weight is 411 g/mol. The highest BCUT2D eigenvalue weighted by molar-refractivity contribution is 7.90. The third-order valence-electron chi connectivity index (χ3n) is 4.60. The molecular weight excluding hydrogens is 386 g/mol. The van der Waals surface area contributed by atoms with E-state index in [2.05, 4.69) is 9.97 Å². The molecule has 2 aliphatic heterocycles. The van der Waals surface area contributed by atoms with E-state index in [4.69, 9.17) is 4.74 Å². The van der Waals surface area contributed by atoms with Gasteiger partial charge in [0.2, 0.25) is 15.0 Å². The molecule has 3 rings (SSSR count). The summed E-state index contributed by atoms with van der Waals surface area (Å²) >= 11 is 0. The van der Waals surface area contributed by atoms with E-state index >= 15 is 0 Å². The number of nitrogens with zero attached hydrogens (tertiary/aromatic N) is 5. The fourth-order valence-corrected chi connectivity index (χ4v) is 3.77. The zero-order valence-corrected chi connectivity index (χ0v) is 17.5. The van der Waals surface area contributed by atoms with E-state index in [0.29, 0.717) is 30.9 Å². The van der Waals surface area contributed by atoms with Gasteiger partial charge < -0.3 is 14.5 Å². The van der Waals surface area contributed by atoms with Crippen LogP contribution in [-0.2, 0) is 21.1 Å². The van der Waals surface area contributed by atoms with Crippen LogP contribution in [0, 0.1) is 0 Å². The lowest BCUT2D eigenvalue weighted by Crippen LogP contribution is -2.51. The Hall–Kier alpha value is -2.43. The second-order valence-electron chi connectivity index (χ2n) is 8.11. The molecular formula is C17H25N5O5S. The number of carbonyl (C=O) groups is 2. The SMILES string of the molecule is CN1C(=O)N(C2CCN(C(=O)OC(C)(C)C)C2)Cc2cnc(S(C)(=O)=O)nc21. The van der Waals surface area contributed by atoms with E-state index in [1.165, 1.54) is 11.1 Å². The molecule has 11 heteroatoms. The van der Waals surface area contributed by atoms with Crippen molar-refractivity contribution in [1.29, 1.82) is 0 Å². The van der Waals surface area contributed by atoms with Crippen molar-refractivity contribution >= 4 is 27.8 Å². The third kappa shape index (κ3) is 4.03. The van der Waals surface area contributed by atoms with Gasteiger partial charge in [-0.3, -0.25) is 4.90 Å². The van der Waals surface area contributed by atoms with Crippen molar-refractivity contribution in [3.8, 4) is 0 Å². The fraction of sp³-hybridized carbons (Fsp3) is 0.647. The van der Waals surface area contributed by atoms with Crippen LogP contribution in [0.4, 0.5) is 15.4 Å². The zero-order valence-electron chi connectivity index (χ0n) is 16.7. The van der Waals surface area contributed by atoms with Gasteiger partial charge >= 0.3 is 12.1 Å². The lowest BCUT2D eigenvalue weighted by atomic mass is 10.1. The topological polar surface area (TPSA) is 113 Å². The molecule has 3 heterocycles. The van der Waals surface area contributed by atoms with Crippen LogP contribution in [0.1, 0.15) is 32.8 Å². The molecule has 1 aromatic heterocycles. The monoisotopic (exact) mass is 411 g/mol. The summed E-state index contributed by atoms with van der Waals surface area (Å²) in [5.74, 6) is 0.290. The van der Waals surface area contributed by atoms with Crippen LogP contribution in [-0.4, -0.2) is 78.3 Å². The molecule has 10 nitrogen and oxygen atoms in total. The highest BCUT2D eigenvalue weighted by Gasteiger charge is 2.39. The summed E-state index contributed by atoms with van der Waals surface area (Å²) in [7, 11) is -2.02. The maximum atomic E-state index is 12.8. The van der Waals surface area contributed by atoms with Gasteiger partial charge in [0.25, 0.3) is 0 Å². The van der Waals surface area contributed by atoms with Gasteiger partial charge in [0.1, 0.15) is 11.4 Å². The summed E-state index contributed by atoms with van der Waals surface area (Å²) < 4.78 is 28.8. The predicted octanol–water partition coefficient (Wildman–Crippen LogP) is 1.26. The van der Waals surface area contributed by atoms with E-state index in [1.54, 1.807) is 16.8 Å². The van der Waals surface area contributed by atoms with Gasteiger partial charge in [-0.2, -0.15) is 0 Å². The van der Waals surface area contributed by atoms with Crippen LogP contribution in [0.15, 0.2) is 11.4 Å². The Morgan fingerprint density at radius 3 is 2.61 bits per heavy atom. The second-order valence-corrected chi connectivity index (χ2v) is 10.0. The van der Waals surface area contributed by atoms with Crippen LogP contribution < -0.4 is 4.90 Å². The number of ether oxygens (including phenoxy) is 1. The summed E-state index contributed by atoms with van der Waals surface area (Å²) in [5, 5.41) is -0.309. The number of anilines is 1. The second kappa shape index (κ2) is 6.87. The number of sulfone groups is 1. The van der Waals surface area contributed by atoms with Crippen molar-refractivity contribution in [1.82, 2.24) is 19.8 Å². The maximum Gasteiger partial charge on any atom is 0.410 e. The number of amides is 3. The van der Waals surface area contributed by atoms with E-state index in [-0.39, 0.29) is 23.8 Å². The van der Waals surface area contributed by atoms with Crippen molar-refractivity contribution < 1.29 is 22.7 Å². The Balaban J connectivity index is 1.77. The number of urea groups is 1. The molecule has 0 aromatic carbocycles. The molecule has 0 bridgehead atoms. The summed E-state index contributed by atoms with van der Waals surface area (Å²) in [4.78, 5) is 37.7. The molecule has 0 spiro atoms. The van der Waals surface area contributed by atoms with Gasteiger partial charge in [-0.05, 0) is 27.2 Å². The molecule has 154 valence electrons. The smallest absolute Gasteiger partial charge is 0.410 e. The lowest BCUT2D eigenvalue weighted by Gasteiger charge is -2.37. The van der Waals surface area contributed by atoms with Gasteiger partial charge in [0.05, 0.1) is 12.6 Å². The van der Waals surface area contributed by atoms with Gasteiger partial charge in [-0.1, -0.05) is 0 Å². The fourth-order valence-electron chi connectivity index (χ4n) is 3.27. The summed E-state index contributed by atoms with van der Waals surface area (Å²) in [6, 6.07) is -0.452. The number of rotatable bonds is 2. The first-order chi connectivity index (χ1) is 12.9. The molecule has 28 heavy (non-hydrogen) atoms. The summed E-state index contributed by atoms with van der Waals surface area (Å²) in [6.07, 6.45) is 2.70. The number of hydrogen-bond donors (Lipinski definition) is 0. The molecule has 1 saturated heterocycles. The van der Waals surface area contributed by atoms with E-state index < -0.39 is 21.5 Å². The quantitative estimate of drug-likeness (QED) is 0.673. The Morgan fingerprint density at radius 2 is 2.00 bits per heavy atom. The number of fused-ring (bicyclic) bond motifs is 1. The van der Waals surface area contributed by atoms with Crippen LogP contribution in [0.3, 0.4) is 0 Å². The van der Waals surface area contributed by atoms with Crippen molar-refractivity contribution in [2.45, 2.75) is 50.5 Å². The summed E-state index contributed by atoms with van der Waals surface area (Å²) in [6.45, 7) is 6.57. The molecule has 3 amide bonds. The first-order valence-corrected chi connectivity index (χ1v) is 10.8. The first kappa shape index (κ1) is 20.3. The molecule has 0 N–H and O–H groups in total. The maximum absolute atomic E-state index is 12.8. The highest BCUT2D eigenvalue weighted by atomic mass is 32.2. The van der Waals surface area contributed by atoms with Crippen LogP contribution >= 0.6 is 0 Å². The van der Waals surface area contributed by atoms with Crippen molar-refractivity contribution in [2.24, 2.45) is 0 Å². The van der Waals surface area contributed by atoms with Gasteiger partial charge in [-0.15, -0.1) is 0 Å². The molecule has 2 aliphatic rings. The highest BCUT2D eigenvalue weighted by Crippen LogP contribution is 2.30. The van der Waals surface area contributed by atoms with Gasteiger partial charge in [0.15, 0.2) is 0 Å². The predicted molar refractivity (Wildman–Crippen MR) is 101 cm³/mol. The third-order valence-corrected chi connectivity index (χ3v) is 5.46. The van der Waals surface area contributed by atoms with Crippen LogP contribution in [0.5, 0.6) is 0 Å². The largest absolute Gasteiger partial charge is 0.444 e. The molecule has 0 radical (unpaired) electrons. The van der Waals surface area contributed by atoms with E-state index in [0.717, 1.165) is 6.26 Å². The minimum Gasteiger partial charge on any atom is -0.444 e. The minimum atomic E-state index is -3.57. The number of carbonyl (C=O) groups excluding carboxylic acids is 2. The molecule has 1 atom stereocenters. The van der Waals surface area contributed by atoms with Gasteiger partial charge in [0, 0.05) is 38.2 Å². The van der Waals surface area contributed by atoms with E-state index in [1.807, 2.05) is 20.8 Å². The normalized spacial score (nSPS) is 20.4. The van der Waals surface area contributed by atoms with Gasteiger partial charge in [-0.25, -0.2) is 28.0 Å². The standard InChI is InChI=1S/C17H25N5O5S/c1-17(2,3)27-16(24)21-7-6-12(10-21)22-9-11-8-18-14(28(5,25)26)19-13(11)20(4)15(22)23/h8,12H,6-7,9-10H2,1-5H3. The zero-order chi connectivity index (χ0) is 20.9. The van der Waals surface area contributed by atoms with Crippen molar-refractivity contribution in [2.75, 3.05) is 31.3 Å². The Morgan fingerprint density at radius 1 is 1.32 bits per heavy atom. The number of likely N-dealkylation sites (tertiary alicyclic amines) is 1. The number of hydrogen-bond acceptors (Lipinski definition) is 7. The molecule has 1 fully saturated rings. The molecule has 0 saturated carbocycles. The van der Waals surface area contributed by atoms with Crippen LogP contribution in [0.25, 0.3) is 0 Å². The van der Waals surface area contributed by atoms with E-state index in [9.17, 15) is 18.0 Å². The minimum absolute atomic E-state index is 0.162. The Kier molecular flexibility index (Phi) is 4.98. The molecule has 1 unspecified atom stereocenters. The number of aromatic nitrogens is 2. The van der Waals surface area contributed by atoms with Crippen molar-refractivity contribution in [3.05, 3.63) is 11.8 Å². The summed E-state index contributed by atoms with van der Waals surface area (Å²) in [5.41, 5.74) is 0.0782.